The van der Waals surface area contributed by atoms with Gasteiger partial charge in [0.05, 0.1) is 0 Å². The van der Waals surface area contributed by atoms with Crippen molar-refractivity contribution in [1.82, 2.24) is 0 Å². The summed E-state index contributed by atoms with van der Waals surface area (Å²) >= 11 is 0. The maximum Gasteiger partial charge on any atom is 0.166 e. The van der Waals surface area contributed by atoms with E-state index < -0.39 is 11.6 Å². The average Bonchev–Trinajstić information content (AvgIpc) is 2.86. The smallest absolute Gasteiger partial charge is 0.166 e. The molecule has 3 heteroatoms. The van der Waals surface area contributed by atoms with Crippen LogP contribution in [0.5, 0.6) is 0 Å². The van der Waals surface area contributed by atoms with E-state index >= 15 is 0 Å². The van der Waals surface area contributed by atoms with E-state index in [0.29, 0.717) is 23.5 Å². The van der Waals surface area contributed by atoms with Crippen LogP contribution in [0.3, 0.4) is 0 Å². The lowest BCUT2D eigenvalue weighted by molar-refractivity contribution is 0.499. The summed E-state index contributed by atoms with van der Waals surface area (Å²) in [5.74, 6) is -1.20. The van der Waals surface area contributed by atoms with Crippen LogP contribution in [0.15, 0.2) is 66.7 Å². The summed E-state index contributed by atoms with van der Waals surface area (Å²) in [6.45, 7) is 6.27. The summed E-state index contributed by atoms with van der Waals surface area (Å²) in [6.07, 6.45) is 11.7. The monoisotopic (exact) mass is 478 g/mol. The number of benzene rings is 3. The van der Waals surface area contributed by atoms with E-state index in [-0.39, 0.29) is 11.4 Å². The van der Waals surface area contributed by atoms with Gasteiger partial charge in [0.2, 0.25) is 0 Å². The molecule has 1 unspecified atom stereocenters. The number of rotatable bonds is 12. The first-order valence-corrected chi connectivity index (χ1v) is 13.0. The Balaban J connectivity index is 1.69. The van der Waals surface area contributed by atoms with Crippen molar-refractivity contribution in [3.63, 3.8) is 0 Å². The molecule has 0 fully saturated rings. The van der Waals surface area contributed by atoms with Crippen molar-refractivity contribution < 1.29 is 13.2 Å². The largest absolute Gasteiger partial charge is 0.207 e. The van der Waals surface area contributed by atoms with Crippen molar-refractivity contribution in [3.8, 4) is 22.3 Å². The molecule has 0 aliphatic carbocycles. The minimum Gasteiger partial charge on any atom is -0.207 e. The molecule has 0 spiro atoms. The Hall–Kier alpha value is -2.81. The highest BCUT2D eigenvalue weighted by Crippen LogP contribution is 2.30. The SMILES string of the molecule is C/C=C/C(CCC)CCCc1ccc(-c2ccc(-c3ccc(CCCC)c(F)c3F)cc2)cc1F. The molecule has 0 saturated heterocycles. The van der Waals surface area contributed by atoms with Crippen molar-refractivity contribution in [2.45, 2.75) is 72.1 Å². The molecule has 0 aliphatic rings. The number of hydrogen-bond donors (Lipinski definition) is 0. The van der Waals surface area contributed by atoms with Crippen molar-refractivity contribution in [3.05, 3.63) is 95.3 Å². The first-order chi connectivity index (χ1) is 17.0. The molecular weight excluding hydrogens is 441 g/mol. The van der Waals surface area contributed by atoms with Crippen LogP contribution in [0.25, 0.3) is 22.3 Å². The highest BCUT2D eigenvalue weighted by molar-refractivity contribution is 5.71. The summed E-state index contributed by atoms with van der Waals surface area (Å²) < 4.78 is 44.0. The molecule has 0 bridgehead atoms. The van der Waals surface area contributed by atoms with Gasteiger partial charge in [0.15, 0.2) is 11.6 Å². The molecule has 0 amide bonds. The van der Waals surface area contributed by atoms with Gasteiger partial charge in [0.25, 0.3) is 0 Å². The molecule has 3 aromatic carbocycles. The van der Waals surface area contributed by atoms with E-state index in [4.69, 9.17) is 0 Å². The van der Waals surface area contributed by atoms with Crippen LogP contribution in [0.1, 0.15) is 70.4 Å². The Labute approximate surface area is 208 Å². The van der Waals surface area contributed by atoms with Gasteiger partial charge < -0.3 is 0 Å². The predicted octanol–water partition coefficient (Wildman–Crippen LogP) is 10.1. The number of hydrogen-bond acceptors (Lipinski definition) is 0. The summed E-state index contributed by atoms with van der Waals surface area (Å²) in [5.41, 5.74) is 3.62. The van der Waals surface area contributed by atoms with Crippen molar-refractivity contribution in [2.24, 2.45) is 5.92 Å². The topological polar surface area (TPSA) is 0 Å². The Bertz CT molecular complexity index is 1110. The van der Waals surface area contributed by atoms with E-state index in [1.165, 1.54) is 6.42 Å². The first kappa shape index (κ1) is 26.8. The Morgan fingerprint density at radius 3 is 2.00 bits per heavy atom. The molecule has 0 radical (unpaired) electrons. The van der Waals surface area contributed by atoms with Crippen LogP contribution in [0.4, 0.5) is 13.2 Å². The van der Waals surface area contributed by atoms with E-state index in [0.717, 1.165) is 55.2 Å². The summed E-state index contributed by atoms with van der Waals surface area (Å²) in [4.78, 5) is 0. The summed E-state index contributed by atoms with van der Waals surface area (Å²) in [7, 11) is 0. The molecule has 3 aromatic rings. The van der Waals surface area contributed by atoms with E-state index in [1.54, 1.807) is 30.3 Å². The average molecular weight is 479 g/mol. The fraction of sp³-hybridized carbons (Fsp3) is 0.375. The highest BCUT2D eigenvalue weighted by Gasteiger charge is 2.15. The molecule has 3 rings (SSSR count). The summed E-state index contributed by atoms with van der Waals surface area (Å²) in [5, 5.41) is 0. The van der Waals surface area contributed by atoms with Gasteiger partial charge in [-0.1, -0.05) is 87.4 Å². The number of aryl methyl sites for hydroxylation is 2. The zero-order valence-corrected chi connectivity index (χ0v) is 21.2. The number of halogens is 3. The second-order valence-electron chi connectivity index (χ2n) is 9.35. The molecular formula is C32H37F3. The lowest BCUT2D eigenvalue weighted by Gasteiger charge is -2.12. The second kappa shape index (κ2) is 13.3. The maximum atomic E-state index is 14.8. The molecule has 0 aliphatic heterocycles. The van der Waals surface area contributed by atoms with Gasteiger partial charge in [-0.3, -0.25) is 0 Å². The quantitative estimate of drug-likeness (QED) is 0.227. The van der Waals surface area contributed by atoms with Crippen LogP contribution in [-0.4, -0.2) is 0 Å². The van der Waals surface area contributed by atoms with Gasteiger partial charge in [-0.15, -0.1) is 0 Å². The third kappa shape index (κ3) is 7.10. The van der Waals surface area contributed by atoms with Gasteiger partial charge >= 0.3 is 0 Å². The van der Waals surface area contributed by atoms with Crippen LogP contribution < -0.4 is 0 Å². The van der Waals surface area contributed by atoms with E-state index in [9.17, 15) is 13.2 Å². The molecule has 35 heavy (non-hydrogen) atoms. The van der Waals surface area contributed by atoms with Gasteiger partial charge in [-0.05, 0) is 85.3 Å². The molecule has 0 heterocycles. The zero-order valence-electron chi connectivity index (χ0n) is 21.2. The normalized spacial score (nSPS) is 12.4. The van der Waals surface area contributed by atoms with Gasteiger partial charge in [-0.25, -0.2) is 13.2 Å². The fourth-order valence-electron chi connectivity index (χ4n) is 4.68. The van der Waals surface area contributed by atoms with Crippen LogP contribution in [0, 0.1) is 23.4 Å². The molecule has 0 nitrogen and oxygen atoms in total. The molecule has 0 saturated carbocycles. The second-order valence-corrected chi connectivity index (χ2v) is 9.35. The fourth-order valence-corrected chi connectivity index (χ4v) is 4.68. The zero-order chi connectivity index (χ0) is 25.2. The minimum atomic E-state index is -0.808. The number of unbranched alkanes of at least 4 members (excludes halogenated alkanes) is 1. The Morgan fingerprint density at radius 2 is 1.34 bits per heavy atom. The lowest BCUT2D eigenvalue weighted by atomic mass is 9.94. The van der Waals surface area contributed by atoms with Crippen LogP contribution in [0.2, 0.25) is 0 Å². The highest BCUT2D eigenvalue weighted by atomic mass is 19.2. The van der Waals surface area contributed by atoms with E-state index in [1.807, 2.05) is 38.1 Å². The van der Waals surface area contributed by atoms with Crippen molar-refractivity contribution in [1.29, 1.82) is 0 Å². The standard InChI is InChI=1S/C32H37F3/c1-4-7-12-27-20-21-29(32(35)31(27)34)25-16-14-24(15-17-25)28-19-18-26(30(33)22-28)13-8-11-23(9-5-2)10-6-3/h5,9,14-23H,4,6-8,10-13H2,1-3H3/b9-5+. The molecule has 186 valence electrons. The predicted molar refractivity (Wildman–Crippen MR) is 142 cm³/mol. The molecule has 0 N–H and O–H groups in total. The van der Waals surface area contributed by atoms with Crippen molar-refractivity contribution in [2.75, 3.05) is 0 Å². The van der Waals surface area contributed by atoms with E-state index in [2.05, 4.69) is 19.1 Å². The maximum absolute atomic E-state index is 14.8. The Kier molecular flexibility index (Phi) is 10.2. The molecule has 1 atom stereocenters. The summed E-state index contributed by atoms with van der Waals surface area (Å²) in [6, 6.07) is 15.9. The van der Waals surface area contributed by atoms with Gasteiger partial charge in [-0.2, -0.15) is 0 Å². The lowest BCUT2D eigenvalue weighted by Crippen LogP contribution is -1.99. The van der Waals surface area contributed by atoms with Crippen LogP contribution >= 0.6 is 0 Å². The Morgan fingerprint density at radius 1 is 0.686 bits per heavy atom. The third-order valence-electron chi connectivity index (χ3n) is 6.69. The minimum absolute atomic E-state index is 0.194. The van der Waals surface area contributed by atoms with Crippen LogP contribution in [-0.2, 0) is 12.8 Å². The molecule has 0 aromatic heterocycles. The third-order valence-corrected chi connectivity index (χ3v) is 6.69. The van der Waals surface area contributed by atoms with Gasteiger partial charge in [0, 0.05) is 5.56 Å². The van der Waals surface area contributed by atoms with Crippen molar-refractivity contribution >= 4 is 0 Å². The van der Waals surface area contributed by atoms with Gasteiger partial charge in [0.1, 0.15) is 5.82 Å². The first-order valence-electron chi connectivity index (χ1n) is 13.0. The number of allylic oxidation sites excluding steroid dienone is 2.